The van der Waals surface area contributed by atoms with Crippen LogP contribution in [0.2, 0.25) is 20.2 Å². The minimum absolute atomic E-state index is 0.00343. The molecule has 0 saturated heterocycles. The molecule has 5 nitrogen and oxygen atoms in total. The predicted octanol–water partition coefficient (Wildman–Crippen LogP) is 4.91. The lowest BCUT2D eigenvalue weighted by molar-refractivity contribution is 0.0935. The van der Waals surface area contributed by atoms with Crippen molar-refractivity contribution in [3.05, 3.63) is 49.7 Å². The van der Waals surface area contributed by atoms with Crippen LogP contribution in [-0.2, 0) is 0 Å². The number of fused-ring (bicyclic) bond motifs is 1. The van der Waals surface area contributed by atoms with Crippen molar-refractivity contribution in [2.24, 2.45) is 0 Å². The summed E-state index contributed by atoms with van der Waals surface area (Å²) in [6, 6.07) is 5.07. The fourth-order valence-corrected chi connectivity index (χ4v) is 2.98. The van der Waals surface area contributed by atoms with E-state index in [0.29, 0.717) is 11.5 Å². The van der Waals surface area contributed by atoms with Crippen LogP contribution in [0, 0.1) is 0 Å². The zero-order chi connectivity index (χ0) is 17.4. The molecule has 1 aliphatic rings. The maximum atomic E-state index is 12.4. The third-order valence-electron chi connectivity index (χ3n) is 3.44. The molecule has 1 aliphatic heterocycles. The third kappa shape index (κ3) is 3.22. The zero-order valence-electron chi connectivity index (χ0n) is 12.2. The summed E-state index contributed by atoms with van der Waals surface area (Å²) in [7, 11) is 0. The summed E-state index contributed by atoms with van der Waals surface area (Å²) in [5, 5.41) is 2.62. The number of halogens is 4. The number of ether oxygens (including phenoxy) is 2. The van der Waals surface area contributed by atoms with Gasteiger partial charge >= 0.3 is 0 Å². The number of benzene rings is 1. The molecule has 1 aromatic heterocycles. The van der Waals surface area contributed by atoms with E-state index in [2.05, 4.69) is 10.3 Å². The SMILES string of the molecule is CC(NC(=O)c1nc(Cl)c(Cl)c(Cl)c1Cl)c1ccc2c(c1)OCO2. The molecule has 0 bridgehead atoms. The maximum Gasteiger partial charge on any atom is 0.272 e. The highest BCUT2D eigenvalue weighted by atomic mass is 35.5. The molecule has 2 heterocycles. The Bertz CT molecular complexity index is 829. The lowest BCUT2D eigenvalue weighted by Gasteiger charge is -2.15. The van der Waals surface area contributed by atoms with Crippen molar-refractivity contribution in [2.45, 2.75) is 13.0 Å². The van der Waals surface area contributed by atoms with Crippen LogP contribution in [0.15, 0.2) is 18.2 Å². The summed E-state index contributed by atoms with van der Waals surface area (Å²) >= 11 is 23.7. The average molecular weight is 408 g/mol. The normalized spacial score (nSPS) is 13.7. The molecule has 1 aromatic carbocycles. The summed E-state index contributed by atoms with van der Waals surface area (Å²) in [6.45, 7) is 1.99. The monoisotopic (exact) mass is 406 g/mol. The van der Waals surface area contributed by atoms with Crippen LogP contribution in [0.5, 0.6) is 11.5 Å². The molecule has 0 spiro atoms. The van der Waals surface area contributed by atoms with Crippen molar-refractivity contribution in [3.8, 4) is 11.5 Å². The zero-order valence-corrected chi connectivity index (χ0v) is 15.2. The average Bonchev–Trinajstić information content (AvgIpc) is 3.03. The van der Waals surface area contributed by atoms with Gasteiger partial charge in [0.2, 0.25) is 6.79 Å². The molecule has 1 atom stereocenters. The van der Waals surface area contributed by atoms with Crippen LogP contribution < -0.4 is 14.8 Å². The van der Waals surface area contributed by atoms with E-state index in [0.717, 1.165) is 5.56 Å². The number of hydrogen-bond donors (Lipinski definition) is 1. The molecule has 0 fully saturated rings. The van der Waals surface area contributed by atoms with Crippen molar-refractivity contribution >= 4 is 52.3 Å². The first kappa shape index (κ1) is 17.4. The highest BCUT2D eigenvalue weighted by Crippen LogP contribution is 2.37. The topological polar surface area (TPSA) is 60.5 Å². The van der Waals surface area contributed by atoms with Gasteiger partial charge in [0.25, 0.3) is 5.91 Å². The number of carbonyl (C=O) groups excluding carboxylic acids is 1. The Morgan fingerprint density at radius 2 is 1.83 bits per heavy atom. The van der Waals surface area contributed by atoms with Gasteiger partial charge < -0.3 is 14.8 Å². The van der Waals surface area contributed by atoms with E-state index in [1.54, 1.807) is 12.1 Å². The molecule has 0 saturated carbocycles. The van der Waals surface area contributed by atoms with E-state index in [1.165, 1.54) is 0 Å². The molecule has 24 heavy (non-hydrogen) atoms. The van der Waals surface area contributed by atoms with Crippen LogP contribution in [0.25, 0.3) is 0 Å². The number of rotatable bonds is 3. The van der Waals surface area contributed by atoms with E-state index in [9.17, 15) is 4.79 Å². The van der Waals surface area contributed by atoms with Gasteiger partial charge in [0.1, 0.15) is 10.8 Å². The minimum atomic E-state index is -0.523. The smallest absolute Gasteiger partial charge is 0.272 e. The predicted molar refractivity (Wildman–Crippen MR) is 92.7 cm³/mol. The van der Waals surface area contributed by atoms with Gasteiger partial charge in [-0.05, 0) is 24.6 Å². The standard InChI is InChI=1S/C15H10Cl4N2O3/c1-6(7-2-3-8-9(4-7)24-5-23-8)20-15(22)13-11(17)10(16)12(18)14(19)21-13/h2-4,6H,5H2,1H3,(H,20,22). The van der Waals surface area contributed by atoms with Gasteiger partial charge in [-0.3, -0.25) is 4.79 Å². The first-order chi connectivity index (χ1) is 11.4. The number of nitrogens with zero attached hydrogens (tertiary/aromatic N) is 1. The van der Waals surface area contributed by atoms with Gasteiger partial charge in [0.15, 0.2) is 11.5 Å². The summed E-state index contributed by atoms with van der Waals surface area (Å²) in [5.74, 6) is 0.770. The quantitative estimate of drug-likeness (QED) is 0.734. The van der Waals surface area contributed by atoms with Crippen molar-refractivity contribution in [1.82, 2.24) is 10.3 Å². The van der Waals surface area contributed by atoms with E-state index in [-0.39, 0.29) is 38.7 Å². The van der Waals surface area contributed by atoms with Crippen molar-refractivity contribution in [2.75, 3.05) is 6.79 Å². The van der Waals surface area contributed by atoms with Crippen molar-refractivity contribution in [1.29, 1.82) is 0 Å². The fraction of sp³-hybridized carbons (Fsp3) is 0.200. The third-order valence-corrected chi connectivity index (χ3v) is 5.12. The Morgan fingerprint density at radius 1 is 1.12 bits per heavy atom. The number of carbonyl (C=O) groups is 1. The van der Waals surface area contributed by atoms with Gasteiger partial charge in [-0.25, -0.2) is 4.98 Å². The summed E-state index contributed by atoms with van der Waals surface area (Å²) in [6.07, 6.45) is 0. The molecule has 0 aliphatic carbocycles. The lowest BCUT2D eigenvalue weighted by atomic mass is 10.1. The molecule has 1 N–H and O–H groups in total. The van der Waals surface area contributed by atoms with Gasteiger partial charge in [0, 0.05) is 0 Å². The van der Waals surface area contributed by atoms with Crippen LogP contribution in [0.3, 0.4) is 0 Å². The molecule has 0 radical (unpaired) electrons. The number of amides is 1. The lowest BCUT2D eigenvalue weighted by Crippen LogP contribution is -2.28. The van der Waals surface area contributed by atoms with Gasteiger partial charge in [0.05, 0.1) is 21.1 Å². The first-order valence-electron chi connectivity index (χ1n) is 6.79. The van der Waals surface area contributed by atoms with Crippen molar-refractivity contribution < 1.29 is 14.3 Å². The molecule has 1 amide bonds. The second kappa shape index (κ2) is 6.84. The van der Waals surface area contributed by atoms with E-state index < -0.39 is 5.91 Å². The number of aromatic nitrogens is 1. The maximum absolute atomic E-state index is 12.4. The van der Waals surface area contributed by atoms with Gasteiger partial charge in [-0.1, -0.05) is 52.5 Å². The fourth-order valence-electron chi connectivity index (χ4n) is 2.17. The Balaban J connectivity index is 1.82. The molecule has 3 rings (SSSR count). The second-order valence-electron chi connectivity index (χ2n) is 5.00. The summed E-state index contributed by atoms with van der Waals surface area (Å²) in [5.41, 5.74) is 0.735. The molecule has 2 aromatic rings. The Hall–Kier alpha value is -1.40. The van der Waals surface area contributed by atoms with E-state index >= 15 is 0 Å². The van der Waals surface area contributed by atoms with Crippen molar-refractivity contribution in [3.63, 3.8) is 0 Å². The molecule has 1 unspecified atom stereocenters. The van der Waals surface area contributed by atoms with Crippen LogP contribution in [0.1, 0.15) is 29.0 Å². The van der Waals surface area contributed by atoms with Crippen LogP contribution >= 0.6 is 46.4 Å². The number of pyridine rings is 1. The summed E-state index contributed by atoms with van der Waals surface area (Å²) < 4.78 is 10.6. The minimum Gasteiger partial charge on any atom is -0.454 e. The van der Waals surface area contributed by atoms with Gasteiger partial charge in [-0.15, -0.1) is 0 Å². The molecule has 9 heteroatoms. The first-order valence-corrected chi connectivity index (χ1v) is 8.30. The highest BCUT2D eigenvalue weighted by Gasteiger charge is 2.22. The Labute approximate surface area is 157 Å². The largest absolute Gasteiger partial charge is 0.454 e. The molecule has 126 valence electrons. The van der Waals surface area contributed by atoms with E-state index in [4.69, 9.17) is 55.9 Å². The van der Waals surface area contributed by atoms with Crippen LogP contribution in [0.4, 0.5) is 0 Å². The van der Waals surface area contributed by atoms with Gasteiger partial charge in [-0.2, -0.15) is 0 Å². The van der Waals surface area contributed by atoms with E-state index in [1.807, 2.05) is 13.0 Å². The number of hydrogen-bond acceptors (Lipinski definition) is 4. The Morgan fingerprint density at radius 3 is 2.58 bits per heavy atom. The summed E-state index contributed by atoms with van der Waals surface area (Å²) in [4.78, 5) is 16.3. The molecular formula is C15H10Cl4N2O3. The second-order valence-corrected chi connectivity index (χ2v) is 6.49. The molecular weight excluding hydrogens is 398 g/mol. The Kier molecular flexibility index (Phi) is 4.97. The number of nitrogens with one attached hydrogen (secondary N) is 1. The highest BCUT2D eigenvalue weighted by molar-refractivity contribution is 6.52. The van der Waals surface area contributed by atoms with Crippen LogP contribution in [-0.4, -0.2) is 17.7 Å².